The zero-order valence-electron chi connectivity index (χ0n) is 21.3. The number of carbonyl (C=O) groups excluding carboxylic acids is 2. The molecule has 3 rings (SSSR count). The van der Waals surface area contributed by atoms with E-state index in [9.17, 15) is 18.0 Å². The zero-order chi connectivity index (χ0) is 27.7. The van der Waals surface area contributed by atoms with Crippen LogP contribution < -0.4 is 9.62 Å². The van der Waals surface area contributed by atoms with Gasteiger partial charge in [-0.15, -0.1) is 0 Å². The average Bonchev–Trinajstić information content (AvgIpc) is 2.88. The monoisotopic (exact) mass is 663 g/mol. The van der Waals surface area contributed by atoms with Gasteiger partial charge in [-0.25, -0.2) is 8.42 Å². The summed E-state index contributed by atoms with van der Waals surface area (Å²) in [6, 6.07) is 22.9. The van der Waals surface area contributed by atoms with Crippen LogP contribution >= 0.6 is 31.9 Å². The van der Waals surface area contributed by atoms with E-state index in [2.05, 4.69) is 37.2 Å². The Morgan fingerprint density at radius 1 is 0.895 bits per heavy atom. The topological polar surface area (TPSA) is 86.8 Å². The molecule has 3 aromatic rings. The smallest absolute Gasteiger partial charge is 0.244 e. The number of sulfonamides is 1. The third kappa shape index (κ3) is 8.68. The van der Waals surface area contributed by atoms with E-state index in [1.54, 1.807) is 24.3 Å². The number of hydrogen-bond acceptors (Lipinski definition) is 4. The second-order valence-corrected chi connectivity index (χ2v) is 12.6. The van der Waals surface area contributed by atoms with Crippen LogP contribution in [0.1, 0.15) is 24.5 Å². The molecule has 1 atom stereocenters. The van der Waals surface area contributed by atoms with E-state index in [0.29, 0.717) is 16.7 Å². The summed E-state index contributed by atoms with van der Waals surface area (Å²) in [5, 5.41) is 2.93. The molecule has 7 nitrogen and oxygen atoms in total. The first-order valence-corrected chi connectivity index (χ1v) is 15.6. The van der Waals surface area contributed by atoms with Crippen molar-refractivity contribution in [1.82, 2.24) is 10.2 Å². The van der Waals surface area contributed by atoms with E-state index < -0.39 is 28.5 Å². The van der Waals surface area contributed by atoms with Crippen molar-refractivity contribution in [2.75, 3.05) is 23.7 Å². The lowest BCUT2D eigenvalue weighted by Crippen LogP contribution is -2.53. The van der Waals surface area contributed by atoms with Crippen molar-refractivity contribution in [3.05, 3.63) is 98.9 Å². The molecule has 1 unspecified atom stereocenters. The summed E-state index contributed by atoms with van der Waals surface area (Å²) in [5.74, 6) is -0.763. The third-order valence-electron chi connectivity index (χ3n) is 5.86. The highest BCUT2D eigenvalue weighted by atomic mass is 79.9. The summed E-state index contributed by atoms with van der Waals surface area (Å²) in [6.07, 6.45) is 2.10. The van der Waals surface area contributed by atoms with Gasteiger partial charge in [0.15, 0.2) is 0 Å². The minimum atomic E-state index is -3.80. The van der Waals surface area contributed by atoms with E-state index in [1.807, 2.05) is 61.5 Å². The summed E-state index contributed by atoms with van der Waals surface area (Å²) >= 11 is 6.80. The number of hydrogen-bond donors (Lipinski definition) is 1. The molecule has 0 aliphatic rings. The van der Waals surface area contributed by atoms with Gasteiger partial charge in [0.2, 0.25) is 21.8 Å². The lowest BCUT2D eigenvalue weighted by Gasteiger charge is -2.33. The highest BCUT2D eigenvalue weighted by molar-refractivity contribution is 9.10. The quantitative estimate of drug-likeness (QED) is 0.291. The second-order valence-electron chi connectivity index (χ2n) is 8.89. The molecule has 0 heterocycles. The fraction of sp³-hybridized carbons (Fsp3) is 0.286. The van der Waals surface area contributed by atoms with Gasteiger partial charge in [0, 0.05) is 28.5 Å². The number of amides is 2. The van der Waals surface area contributed by atoms with E-state index in [-0.39, 0.29) is 18.9 Å². The molecule has 3 aromatic carbocycles. The third-order valence-corrected chi connectivity index (χ3v) is 8.02. The van der Waals surface area contributed by atoms with E-state index in [4.69, 9.17) is 0 Å². The molecular formula is C28H31Br2N3O4S. The normalized spacial score (nSPS) is 12.0. The molecular weight excluding hydrogens is 634 g/mol. The molecule has 0 radical (unpaired) electrons. The molecule has 0 saturated carbocycles. The van der Waals surface area contributed by atoms with E-state index in [1.165, 1.54) is 4.90 Å². The van der Waals surface area contributed by atoms with Crippen molar-refractivity contribution in [3.8, 4) is 0 Å². The number of nitrogens with one attached hydrogen (secondary N) is 1. The summed E-state index contributed by atoms with van der Waals surface area (Å²) in [6.45, 7) is 2.12. The van der Waals surface area contributed by atoms with Gasteiger partial charge in [0.05, 0.1) is 11.9 Å². The highest BCUT2D eigenvalue weighted by Gasteiger charge is 2.33. The Morgan fingerprint density at radius 3 is 2.18 bits per heavy atom. The molecule has 10 heteroatoms. The molecule has 0 aliphatic heterocycles. The van der Waals surface area contributed by atoms with Crippen LogP contribution in [0.3, 0.4) is 0 Å². The summed E-state index contributed by atoms with van der Waals surface area (Å²) in [5.41, 5.74) is 2.06. The molecule has 0 fully saturated rings. The number of nitrogens with zero attached hydrogens (tertiary/aromatic N) is 2. The van der Waals surface area contributed by atoms with Crippen molar-refractivity contribution >= 4 is 59.4 Å². The summed E-state index contributed by atoms with van der Waals surface area (Å²) < 4.78 is 28.2. The first kappa shape index (κ1) is 29.9. The van der Waals surface area contributed by atoms with Gasteiger partial charge in [-0.05, 0) is 47.9 Å². The largest absolute Gasteiger partial charge is 0.354 e. The first-order chi connectivity index (χ1) is 18.1. The fourth-order valence-corrected chi connectivity index (χ4v) is 5.44. The summed E-state index contributed by atoms with van der Waals surface area (Å²) in [4.78, 5) is 28.9. The molecule has 38 heavy (non-hydrogen) atoms. The summed E-state index contributed by atoms with van der Waals surface area (Å²) in [7, 11) is -3.80. The Labute approximate surface area is 241 Å². The maximum Gasteiger partial charge on any atom is 0.244 e. The Kier molecular flexibility index (Phi) is 10.9. The van der Waals surface area contributed by atoms with Gasteiger partial charge < -0.3 is 10.2 Å². The van der Waals surface area contributed by atoms with Crippen molar-refractivity contribution in [3.63, 3.8) is 0 Å². The van der Waals surface area contributed by atoms with Crippen LogP contribution in [0.2, 0.25) is 0 Å². The molecule has 1 N–H and O–H groups in total. The lowest BCUT2D eigenvalue weighted by molar-refractivity contribution is -0.140. The molecule has 0 spiro atoms. The van der Waals surface area contributed by atoms with Crippen LogP contribution in [0.25, 0.3) is 0 Å². The van der Waals surface area contributed by atoms with Gasteiger partial charge in [0.25, 0.3) is 0 Å². The number of rotatable bonds is 12. The first-order valence-electron chi connectivity index (χ1n) is 12.2. The molecule has 202 valence electrons. The Hall–Kier alpha value is -2.69. The molecule has 0 saturated heterocycles. The van der Waals surface area contributed by atoms with Crippen LogP contribution in [-0.4, -0.2) is 50.5 Å². The van der Waals surface area contributed by atoms with E-state index in [0.717, 1.165) is 32.6 Å². The van der Waals surface area contributed by atoms with Crippen LogP contribution in [0.5, 0.6) is 0 Å². The predicted molar refractivity (Wildman–Crippen MR) is 158 cm³/mol. The number of carbonyl (C=O) groups is 2. The maximum atomic E-state index is 14.0. The van der Waals surface area contributed by atoms with Crippen molar-refractivity contribution < 1.29 is 18.0 Å². The predicted octanol–water partition coefficient (Wildman–Crippen LogP) is 5.14. The molecule has 0 aromatic heterocycles. The molecule has 0 aliphatic carbocycles. The van der Waals surface area contributed by atoms with Crippen LogP contribution in [0.15, 0.2) is 87.8 Å². The van der Waals surface area contributed by atoms with Gasteiger partial charge in [-0.1, -0.05) is 87.3 Å². The number of anilines is 1. The minimum Gasteiger partial charge on any atom is -0.354 e. The zero-order valence-corrected chi connectivity index (χ0v) is 25.3. The van der Waals surface area contributed by atoms with Crippen LogP contribution in [-0.2, 0) is 32.6 Å². The maximum absolute atomic E-state index is 14.0. The second kappa shape index (κ2) is 13.9. The minimum absolute atomic E-state index is 0.138. The SMILES string of the molecule is CCCNC(=O)C(Cc1ccccc1)N(Cc1ccc(Br)cc1)C(=O)CN(c1cccc(Br)c1)S(C)(=O)=O. The van der Waals surface area contributed by atoms with E-state index >= 15 is 0 Å². The molecule has 0 bridgehead atoms. The van der Waals surface area contributed by atoms with Gasteiger partial charge in [-0.3, -0.25) is 13.9 Å². The average molecular weight is 665 g/mol. The van der Waals surface area contributed by atoms with Crippen molar-refractivity contribution in [2.24, 2.45) is 0 Å². The number of benzene rings is 3. The van der Waals surface area contributed by atoms with Gasteiger partial charge in [0.1, 0.15) is 12.6 Å². The van der Waals surface area contributed by atoms with Crippen LogP contribution in [0, 0.1) is 0 Å². The van der Waals surface area contributed by atoms with Crippen molar-refractivity contribution in [2.45, 2.75) is 32.4 Å². The Bertz CT molecular complexity index is 1340. The van der Waals surface area contributed by atoms with Gasteiger partial charge in [-0.2, -0.15) is 0 Å². The molecule has 2 amide bonds. The highest BCUT2D eigenvalue weighted by Crippen LogP contribution is 2.23. The van der Waals surface area contributed by atoms with Gasteiger partial charge >= 0.3 is 0 Å². The van der Waals surface area contributed by atoms with Crippen LogP contribution in [0.4, 0.5) is 5.69 Å². The standard InChI is InChI=1S/C28H31Br2N3O4S/c1-3-16-31-28(35)26(17-21-8-5-4-6-9-21)32(19-22-12-14-23(29)15-13-22)27(34)20-33(38(2,36)37)25-11-7-10-24(30)18-25/h4-15,18,26H,3,16-17,19-20H2,1-2H3,(H,31,35). The van der Waals surface area contributed by atoms with Crippen molar-refractivity contribution in [1.29, 1.82) is 0 Å². The Morgan fingerprint density at radius 2 is 1.58 bits per heavy atom. The lowest BCUT2D eigenvalue weighted by atomic mass is 10.0. The fourth-order valence-electron chi connectivity index (χ4n) is 3.95. The Balaban J connectivity index is 2.03. The number of halogens is 2.